The summed E-state index contributed by atoms with van der Waals surface area (Å²) in [4.78, 5) is 0. The van der Waals surface area contributed by atoms with Gasteiger partial charge in [0.05, 0.1) is 6.07 Å². The van der Waals surface area contributed by atoms with Crippen LogP contribution in [-0.4, -0.2) is 0 Å². The molecule has 0 saturated carbocycles. The number of unbranched alkanes of at least 4 members (excludes halogenated alkanes) is 4. The lowest BCUT2D eigenvalue weighted by Gasteiger charge is -1.92. The summed E-state index contributed by atoms with van der Waals surface area (Å²) in [5, 5.41) is 8.24. The lowest BCUT2D eigenvalue weighted by Crippen LogP contribution is -1.74. The molecular weight excluding hydrogens is 134 g/mol. The Bertz CT molecular complexity index is 130. The Kier molecular flexibility index (Phi) is 8.58. The van der Waals surface area contributed by atoms with Gasteiger partial charge in [-0.15, -0.1) is 0 Å². The summed E-state index contributed by atoms with van der Waals surface area (Å²) in [5.41, 5.74) is 0. The Labute approximate surface area is 69.7 Å². The first-order valence-corrected chi connectivity index (χ1v) is 4.43. The second-order valence-electron chi connectivity index (χ2n) is 2.64. The number of rotatable bonds is 6. The fraction of sp³-hybridized carbons (Fsp3) is 0.700. The maximum Gasteiger partial charge on any atom is 0.0621 e. The van der Waals surface area contributed by atoms with Crippen molar-refractivity contribution in [1.29, 1.82) is 5.26 Å². The Morgan fingerprint density at radius 3 is 2.64 bits per heavy atom. The van der Waals surface area contributed by atoms with Crippen LogP contribution >= 0.6 is 0 Å². The van der Waals surface area contributed by atoms with Gasteiger partial charge in [-0.25, -0.2) is 0 Å². The van der Waals surface area contributed by atoms with Crippen LogP contribution in [0.4, 0.5) is 0 Å². The minimum Gasteiger partial charge on any atom is -0.198 e. The summed E-state index contributed by atoms with van der Waals surface area (Å²) >= 11 is 0. The molecule has 1 heteroatoms. The zero-order valence-electron chi connectivity index (χ0n) is 7.34. The van der Waals surface area contributed by atoms with Crippen molar-refractivity contribution in [1.82, 2.24) is 0 Å². The van der Waals surface area contributed by atoms with Gasteiger partial charge in [-0.1, -0.05) is 25.5 Å². The van der Waals surface area contributed by atoms with Crippen LogP contribution in [0.5, 0.6) is 0 Å². The predicted octanol–water partition coefficient (Wildman–Crippen LogP) is 3.43. The second-order valence-corrected chi connectivity index (χ2v) is 2.64. The topological polar surface area (TPSA) is 23.8 Å². The predicted molar refractivity (Wildman–Crippen MR) is 48.1 cm³/mol. The molecule has 0 saturated heterocycles. The molecule has 0 aromatic heterocycles. The van der Waals surface area contributed by atoms with Gasteiger partial charge >= 0.3 is 0 Å². The molecule has 62 valence electrons. The molecule has 0 amide bonds. The van der Waals surface area contributed by atoms with Gasteiger partial charge in [-0.05, 0) is 25.7 Å². The van der Waals surface area contributed by atoms with Crippen molar-refractivity contribution in [3.05, 3.63) is 12.2 Å². The van der Waals surface area contributed by atoms with E-state index in [4.69, 9.17) is 5.26 Å². The van der Waals surface area contributed by atoms with E-state index >= 15 is 0 Å². The van der Waals surface area contributed by atoms with Gasteiger partial charge < -0.3 is 0 Å². The minimum atomic E-state index is 0.720. The van der Waals surface area contributed by atoms with Crippen LogP contribution in [-0.2, 0) is 0 Å². The van der Waals surface area contributed by atoms with Crippen molar-refractivity contribution < 1.29 is 0 Å². The van der Waals surface area contributed by atoms with E-state index in [1.54, 1.807) is 0 Å². The van der Waals surface area contributed by atoms with Gasteiger partial charge in [0, 0.05) is 6.42 Å². The van der Waals surface area contributed by atoms with Crippen LogP contribution < -0.4 is 0 Å². The number of hydrogen-bond acceptors (Lipinski definition) is 1. The first-order valence-electron chi connectivity index (χ1n) is 4.43. The zero-order valence-corrected chi connectivity index (χ0v) is 7.34. The van der Waals surface area contributed by atoms with E-state index in [0.717, 1.165) is 19.3 Å². The molecule has 0 aliphatic rings. The number of hydrogen-bond donors (Lipinski definition) is 0. The molecule has 0 spiro atoms. The van der Waals surface area contributed by atoms with E-state index in [1.165, 1.54) is 19.3 Å². The molecule has 0 aromatic carbocycles. The van der Waals surface area contributed by atoms with Crippen molar-refractivity contribution >= 4 is 0 Å². The summed E-state index contributed by atoms with van der Waals surface area (Å²) in [6.07, 6.45) is 11.0. The third kappa shape index (κ3) is 9.23. The highest BCUT2D eigenvalue weighted by Crippen LogP contribution is 2.02. The number of nitriles is 1. The maximum absolute atomic E-state index is 8.24. The normalized spacial score (nSPS) is 10.2. The first kappa shape index (κ1) is 10.2. The van der Waals surface area contributed by atoms with E-state index in [9.17, 15) is 0 Å². The molecule has 0 fully saturated rings. The van der Waals surface area contributed by atoms with Crippen LogP contribution in [0.2, 0.25) is 0 Å². The number of allylic oxidation sites excluding steroid dienone is 2. The Balaban J connectivity index is 2.91. The SMILES string of the molecule is CC/C=C/CCCCCC#N. The second kappa shape index (κ2) is 9.23. The van der Waals surface area contributed by atoms with Gasteiger partial charge in [-0.3, -0.25) is 0 Å². The average Bonchev–Trinajstić information content (AvgIpc) is 2.03. The lowest BCUT2D eigenvalue weighted by molar-refractivity contribution is 0.699. The molecule has 0 radical (unpaired) electrons. The Morgan fingerprint density at radius 2 is 2.00 bits per heavy atom. The van der Waals surface area contributed by atoms with E-state index in [2.05, 4.69) is 25.1 Å². The molecule has 0 N–H and O–H groups in total. The van der Waals surface area contributed by atoms with Gasteiger partial charge in [0.2, 0.25) is 0 Å². The van der Waals surface area contributed by atoms with E-state index in [-0.39, 0.29) is 0 Å². The molecule has 0 atom stereocenters. The van der Waals surface area contributed by atoms with Crippen molar-refractivity contribution in [3.63, 3.8) is 0 Å². The summed E-state index contributed by atoms with van der Waals surface area (Å²) in [7, 11) is 0. The van der Waals surface area contributed by atoms with E-state index < -0.39 is 0 Å². The van der Waals surface area contributed by atoms with Gasteiger partial charge in [0.1, 0.15) is 0 Å². The van der Waals surface area contributed by atoms with Gasteiger partial charge in [-0.2, -0.15) is 5.26 Å². The van der Waals surface area contributed by atoms with Crippen LogP contribution in [0.15, 0.2) is 12.2 Å². The Morgan fingerprint density at radius 1 is 1.18 bits per heavy atom. The number of nitrogens with zero attached hydrogens (tertiary/aromatic N) is 1. The van der Waals surface area contributed by atoms with Crippen molar-refractivity contribution in [3.8, 4) is 6.07 Å². The lowest BCUT2D eigenvalue weighted by atomic mass is 10.1. The quantitative estimate of drug-likeness (QED) is 0.421. The largest absolute Gasteiger partial charge is 0.198 e. The molecule has 0 aliphatic heterocycles. The van der Waals surface area contributed by atoms with Gasteiger partial charge in [0.25, 0.3) is 0 Å². The monoisotopic (exact) mass is 151 g/mol. The summed E-state index contributed by atoms with van der Waals surface area (Å²) < 4.78 is 0. The molecule has 0 unspecified atom stereocenters. The third-order valence-corrected chi connectivity index (χ3v) is 1.56. The van der Waals surface area contributed by atoms with Crippen LogP contribution in [0.1, 0.15) is 45.4 Å². The third-order valence-electron chi connectivity index (χ3n) is 1.56. The van der Waals surface area contributed by atoms with Gasteiger partial charge in [0.15, 0.2) is 0 Å². The molecular formula is C10H17N. The summed E-state index contributed by atoms with van der Waals surface area (Å²) in [5.74, 6) is 0. The van der Waals surface area contributed by atoms with E-state index in [1.807, 2.05) is 0 Å². The van der Waals surface area contributed by atoms with E-state index in [0.29, 0.717) is 0 Å². The first-order chi connectivity index (χ1) is 5.41. The average molecular weight is 151 g/mol. The summed E-state index contributed by atoms with van der Waals surface area (Å²) in [6.45, 7) is 2.15. The highest BCUT2D eigenvalue weighted by molar-refractivity contribution is 4.79. The molecule has 0 heterocycles. The fourth-order valence-electron chi connectivity index (χ4n) is 0.928. The fourth-order valence-corrected chi connectivity index (χ4v) is 0.928. The van der Waals surface area contributed by atoms with Crippen molar-refractivity contribution in [2.24, 2.45) is 0 Å². The summed E-state index contributed by atoms with van der Waals surface area (Å²) in [6, 6.07) is 2.15. The zero-order chi connectivity index (χ0) is 8.36. The maximum atomic E-state index is 8.24. The standard InChI is InChI=1S/C10H17N/c1-2-3-4-5-6-7-8-9-10-11/h3-4H,2,5-9H2,1H3/b4-3+. The smallest absolute Gasteiger partial charge is 0.0621 e. The Hall–Kier alpha value is -0.770. The molecule has 11 heavy (non-hydrogen) atoms. The van der Waals surface area contributed by atoms with Crippen LogP contribution in [0.25, 0.3) is 0 Å². The highest BCUT2D eigenvalue weighted by atomic mass is 14.2. The van der Waals surface area contributed by atoms with Crippen molar-refractivity contribution in [2.45, 2.75) is 45.4 Å². The molecule has 0 rings (SSSR count). The molecule has 0 aromatic rings. The molecule has 1 nitrogen and oxygen atoms in total. The molecule has 0 bridgehead atoms. The highest BCUT2D eigenvalue weighted by Gasteiger charge is 1.85. The van der Waals surface area contributed by atoms with Crippen LogP contribution in [0.3, 0.4) is 0 Å². The molecule has 0 aliphatic carbocycles. The van der Waals surface area contributed by atoms with Crippen LogP contribution in [0, 0.1) is 11.3 Å². The minimum absolute atomic E-state index is 0.720. The van der Waals surface area contributed by atoms with Crippen molar-refractivity contribution in [2.75, 3.05) is 0 Å².